The first-order chi connectivity index (χ1) is 15.9. The first-order valence-corrected chi connectivity index (χ1v) is 10.3. The summed E-state index contributed by atoms with van der Waals surface area (Å²) in [5.74, 6) is -1.03. The van der Waals surface area contributed by atoms with Gasteiger partial charge in [0.1, 0.15) is 11.5 Å². The van der Waals surface area contributed by atoms with Crippen molar-refractivity contribution in [3.05, 3.63) is 57.1 Å². The fourth-order valence-corrected chi connectivity index (χ4v) is 3.43. The predicted molar refractivity (Wildman–Crippen MR) is 113 cm³/mol. The maximum absolute atomic E-state index is 12.9. The Morgan fingerprint density at radius 2 is 1.88 bits per heavy atom. The van der Waals surface area contributed by atoms with Crippen molar-refractivity contribution in [3.63, 3.8) is 0 Å². The molecule has 1 unspecified atom stereocenters. The Kier molecular flexibility index (Phi) is 7.54. The van der Waals surface area contributed by atoms with Crippen molar-refractivity contribution in [3.8, 4) is 17.2 Å². The number of halogens is 4. The Labute approximate surface area is 196 Å². The van der Waals surface area contributed by atoms with Crippen molar-refractivity contribution < 1.29 is 41.8 Å². The molecule has 2 aromatic carbocycles. The van der Waals surface area contributed by atoms with E-state index in [0.29, 0.717) is 19.3 Å². The minimum atomic E-state index is -4.59. The SMILES string of the molecule is CNC(=O)C(C)(CC1OCCO1)Oc1cc(Oc2ccc(C(F)(F)F)cc2Cl)ccc1[N+](=O)[O-]. The fraction of sp³-hybridized carbons (Fsp3) is 0.381. The molecule has 0 aromatic heterocycles. The summed E-state index contributed by atoms with van der Waals surface area (Å²) in [6.07, 6.45) is -5.42. The highest BCUT2D eigenvalue weighted by Crippen LogP contribution is 2.40. The third-order valence-corrected chi connectivity index (χ3v) is 5.20. The highest BCUT2D eigenvalue weighted by molar-refractivity contribution is 6.32. The van der Waals surface area contributed by atoms with Gasteiger partial charge in [0.2, 0.25) is 5.75 Å². The molecule has 0 spiro atoms. The van der Waals surface area contributed by atoms with Gasteiger partial charge in [-0.15, -0.1) is 0 Å². The van der Waals surface area contributed by atoms with Crippen LogP contribution in [0.25, 0.3) is 0 Å². The number of hydrogen-bond donors (Lipinski definition) is 1. The summed E-state index contributed by atoms with van der Waals surface area (Å²) < 4.78 is 60.7. The van der Waals surface area contributed by atoms with Crippen LogP contribution in [-0.2, 0) is 20.4 Å². The summed E-state index contributed by atoms with van der Waals surface area (Å²) >= 11 is 5.92. The number of hydrogen-bond acceptors (Lipinski definition) is 7. The second-order valence-electron chi connectivity index (χ2n) is 7.42. The molecular weight excluding hydrogens is 485 g/mol. The molecule has 1 aliphatic heterocycles. The van der Waals surface area contributed by atoms with E-state index in [0.717, 1.165) is 24.3 Å². The molecule has 3 rings (SSSR count). The van der Waals surface area contributed by atoms with Gasteiger partial charge in [0.25, 0.3) is 5.91 Å². The lowest BCUT2D eigenvalue weighted by Crippen LogP contribution is -2.50. The number of rotatable bonds is 8. The van der Waals surface area contributed by atoms with Crippen molar-refractivity contribution in [2.75, 3.05) is 20.3 Å². The molecule has 1 fully saturated rings. The van der Waals surface area contributed by atoms with E-state index in [1.807, 2.05) is 0 Å². The van der Waals surface area contributed by atoms with Crippen LogP contribution in [0.3, 0.4) is 0 Å². The Hall–Kier alpha value is -3.09. The lowest BCUT2D eigenvalue weighted by atomic mass is 10.00. The Morgan fingerprint density at radius 1 is 1.21 bits per heavy atom. The van der Waals surface area contributed by atoms with Crippen molar-refractivity contribution in [2.45, 2.75) is 31.4 Å². The van der Waals surface area contributed by atoms with Crippen molar-refractivity contribution in [2.24, 2.45) is 0 Å². The van der Waals surface area contributed by atoms with Crippen molar-refractivity contribution >= 4 is 23.2 Å². The average molecular weight is 505 g/mol. The standard InChI is InChI=1S/C21H20ClF3N2O7/c1-20(19(28)26-2,11-18-31-7-8-32-18)34-17-10-13(4-5-15(17)27(29)30)33-16-6-3-12(9-14(16)22)21(23,24)25/h3-6,9-10,18H,7-8,11H2,1-2H3,(H,26,28). The second kappa shape index (κ2) is 10.0. The van der Waals surface area contributed by atoms with Gasteiger partial charge >= 0.3 is 11.9 Å². The molecule has 13 heteroatoms. The fourth-order valence-electron chi connectivity index (χ4n) is 3.21. The minimum absolute atomic E-state index is 0.0186. The Balaban J connectivity index is 1.92. The van der Waals surface area contributed by atoms with Crippen LogP contribution < -0.4 is 14.8 Å². The number of benzene rings is 2. The van der Waals surface area contributed by atoms with Gasteiger partial charge in [-0.1, -0.05) is 11.6 Å². The van der Waals surface area contributed by atoms with E-state index < -0.39 is 40.1 Å². The molecule has 0 saturated carbocycles. The maximum Gasteiger partial charge on any atom is 0.416 e. The third kappa shape index (κ3) is 5.88. The summed E-state index contributed by atoms with van der Waals surface area (Å²) in [6.45, 7) is 2.07. The molecule has 1 heterocycles. The lowest BCUT2D eigenvalue weighted by molar-refractivity contribution is -0.386. The quantitative estimate of drug-likeness (QED) is 0.409. The van der Waals surface area contributed by atoms with E-state index in [1.165, 1.54) is 20.0 Å². The van der Waals surface area contributed by atoms with Crippen LogP contribution in [0.5, 0.6) is 17.2 Å². The molecule has 0 bridgehead atoms. The molecular formula is C21H20ClF3N2O7. The van der Waals surface area contributed by atoms with E-state index in [2.05, 4.69) is 5.32 Å². The van der Waals surface area contributed by atoms with Crippen LogP contribution in [-0.4, -0.2) is 43.0 Å². The summed E-state index contributed by atoms with van der Waals surface area (Å²) in [5, 5.41) is 13.7. The minimum Gasteiger partial charge on any atom is -0.470 e. The first-order valence-electron chi connectivity index (χ1n) is 9.90. The van der Waals surface area contributed by atoms with Crippen molar-refractivity contribution in [1.29, 1.82) is 0 Å². The van der Waals surface area contributed by atoms with Gasteiger partial charge in [0.05, 0.1) is 28.7 Å². The third-order valence-electron chi connectivity index (χ3n) is 4.90. The molecule has 1 amide bonds. The van der Waals surface area contributed by atoms with Crippen LogP contribution in [0, 0.1) is 10.1 Å². The molecule has 184 valence electrons. The van der Waals surface area contributed by atoms with Gasteiger partial charge < -0.3 is 24.3 Å². The van der Waals surface area contributed by atoms with E-state index in [-0.39, 0.29) is 28.7 Å². The maximum atomic E-state index is 12.9. The predicted octanol–water partition coefficient (Wildman–Crippen LogP) is 4.71. The van der Waals surface area contributed by atoms with Gasteiger partial charge in [0, 0.05) is 25.6 Å². The lowest BCUT2D eigenvalue weighted by Gasteiger charge is -2.30. The number of nitro groups is 1. The molecule has 1 N–H and O–H groups in total. The Bertz CT molecular complexity index is 1080. The number of nitrogens with one attached hydrogen (secondary N) is 1. The van der Waals surface area contributed by atoms with E-state index in [4.69, 9.17) is 30.5 Å². The number of alkyl halides is 3. The summed E-state index contributed by atoms with van der Waals surface area (Å²) in [5.41, 5.74) is -3.05. The zero-order valence-corrected chi connectivity index (χ0v) is 18.7. The number of nitro benzene ring substituents is 1. The number of carbonyl (C=O) groups is 1. The van der Waals surface area contributed by atoms with Crippen LogP contribution in [0.15, 0.2) is 36.4 Å². The zero-order valence-electron chi connectivity index (χ0n) is 18.0. The first kappa shape index (κ1) is 25.5. The van der Waals surface area contributed by atoms with Crippen LogP contribution in [0.4, 0.5) is 18.9 Å². The number of likely N-dealkylation sites (N-methyl/N-ethyl adjacent to an activating group) is 1. The molecule has 0 aliphatic carbocycles. The molecule has 0 radical (unpaired) electrons. The van der Waals surface area contributed by atoms with E-state index in [1.54, 1.807) is 0 Å². The van der Waals surface area contributed by atoms with Crippen LogP contribution in [0.1, 0.15) is 18.9 Å². The summed E-state index contributed by atoms with van der Waals surface area (Å²) in [6, 6.07) is 5.95. The van der Waals surface area contributed by atoms with Gasteiger partial charge in [0.15, 0.2) is 11.9 Å². The van der Waals surface area contributed by atoms with Gasteiger partial charge in [-0.05, 0) is 31.2 Å². The summed E-state index contributed by atoms with van der Waals surface area (Å²) in [4.78, 5) is 23.4. The molecule has 1 atom stereocenters. The number of amides is 1. The van der Waals surface area contributed by atoms with Crippen LogP contribution in [0.2, 0.25) is 5.02 Å². The smallest absolute Gasteiger partial charge is 0.416 e. The second-order valence-corrected chi connectivity index (χ2v) is 7.83. The molecule has 1 aliphatic rings. The zero-order chi connectivity index (χ0) is 25.1. The van der Waals surface area contributed by atoms with E-state index >= 15 is 0 Å². The number of nitrogens with zero attached hydrogens (tertiary/aromatic N) is 1. The molecule has 34 heavy (non-hydrogen) atoms. The topological polar surface area (TPSA) is 109 Å². The van der Waals surface area contributed by atoms with Crippen LogP contribution >= 0.6 is 11.6 Å². The summed E-state index contributed by atoms with van der Waals surface area (Å²) in [7, 11) is 1.38. The molecule has 9 nitrogen and oxygen atoms in total. The van der Waals surface area contributed by atoms with Gasteiger partial charge in [-0.2, -0.15) is 13.2 Å². The highest BCUT2D eigenvalue weighted by Gasteiger charge is 2.41. The van der Waals surface area contributed by atoms with Crippen molar-refractivity contribution in [1.82, 2.24) is 5.32 Å². The average Bonchev–Trinajstić information content (AvgIpc) is 3.26. The van der Waals surface area contributed by atoms with E-state index in [9.17, 15) is 28.1 Å². The largest absolute Gasteiger partial charge is 0.470 e. The molecule has 1 saturated heterocycles. The Morgan fingerprint density at radius 3 is 2.44 bits per heavy atom. The van der Waals surface area contributed by atoms with Gasteiger partial charge in [-0.3, -0.25) is 14.9 Å². The monoisotopic (exact) mass is 504 g/mol. The number of carbonyl (C=O) groups excluding carboxylic acids is 1. The normalized spacial score (nSPS) is 16.1. The van der Waals surface area contributed by atoms with Gasteiger partial charge in [-0.25, -0.2) is 0 Å². The highest BCUT2D eigenvalue weighted by atomic mass is 35.5. The molecule has 2 aromatic rings. The number of ether oxygens (including phenoxy) is 4.